The SMILES string of the molecule is COc1nc(N2CC(C)n3ncc(NC(=O)c4ccccc4)c3C2=O)ccc1Cl. The van der Waals surface area contributed by atoms with Gasteiger partial charge in [-0.2, -0.15) is 10.1 Å². The van der Waals surface area contributed by atoms with Gasteiger partial charge in [-0.05, 0) is 31.2 Å². The number of aromatic nitrogens is 3. The summed E-state index contributed by atoms with van der Waals surface area (Å²) in [5.41, 5.74) is 1.13. The fourth-order valence-electron chi connectivity index (χ4n) is 3.24. The number of amides is 2. The number of carbonyl (C=O) groups is 2. The molecule has 2 amide bonds. The molecule has 0 bridgehead atoms. The fourth-order valence-corrected chi connectivity index (χ4v) is 3.42. The number of pyridine rings is 1. The van der Waals surface area contributed by atoms with E-state index in [0.29, 0.717) is 34.3 Å². The number of ether oxygens (including phenoxy) is 1. The standard InChI is InChI=1S/C20H18ClN5O3/c1-12-11-25(16-9-8-14(21)19(24-16)29-2)20(28)17-15(10-22-26(12)17)23-18(27)13-6-4-3-5-7-13/h3-10,12H,11H2,1-2H3,(H,23,27). The quantitative estimate of drug-likeness (QED) is 0.710. The van der Waals surface area contributed by atoms with Crippen molar-refractivity contribution in [3.63, 3.8) is 0 Å². The summed E-state index contributed by atoms with van der Waals surface area (Å²) in [5, 5.41) is 7.44. The lowest BCUT2D eigenvalue weighted by molar-refractivity contribution is 0.0953. The number of hydrogen-bond acceptors (Lipinski definition) is 5. The molecule has 0 aliphatic carbocycles. The molecule has 1 atom stereocenters. The Morgan fingerprint density at radius 1 is 1.24 bits per heavy atom. The molecule has 9 heteroatoms. The van der Waals surface area contributed by atoms with Crippen LogP contribution in [0.4, 0.5) is 11.5 Å². The molecule has 29 heavy (non-hydrogen) atoms. The number of nitrogens with one attached hydrogen (secondary N) is 1. The summed E-state index contributed by atoms with van der Waals surface area (Å²) in [6.45, 7) is 2.31. The molecule has 0 fully saturated rings. The summed E-state index contributed by atoms with van der Waals surface area (Å²) < 4.78 is 6.78. The fraction of sp³-hybridized carbons (Fsp3) is 0.200. The first-order valence-corrected chi connectivity index (χ1v) is 9.33. The zero-order chi connectivity index (χ0) is 20.5. The molecular formula is C20H18ClN5O3. The first kappa shape index (κ1) is 18.9. The lowest BCUT2D eigenvalue weighted by Crippen LogP contribution is -2.43. The number of benzene rings is 1. The maximum atomic E-state index is 13.2. The minimum Gasteiger partial charge on any atom is -0.480 e. The van der Waals surface area contributed by atoms with E-state index in [9.17, 15) is 9.59 Å². The molecule has 1 aromatic carbocycles. The lowest BCUT2D eigenvalue weighted by Gasteiger charge is -2.31. The molecule has 0 saturated carbocycles. The Morgan fingerprint density at radius 2 is 2.00 bits per heavy atom. The molecule has 1 N–H and O–H groups in total. The predicted octanol–water partition coefficient (Wildman–Crippen LogP) is 3.41. The van der Waals surface area contributed by atoms with Crippen LogP contribution in [0.2, 0.25) is 5.02 Å². The van der Waals surface area contributed by atoms with E-state index in [1.165, 1.54) is 18.2 Å². The van der Waals surface area contributed by atoms with Crippen LogP contribution in [0.15, 0.2) is 48.7 Å². The van der Waals surface area contributed by atoms with Crippen molar-refractivity contribution in [3.8, 4) is 5.88 Å². The van der Waals surface area contributed by atoms with Gasteiger partial charge >= 0.3 is 0 Å². The van der Waals surface area contributed by atoms with Crippen LogP contribution in [-0.4, -0.2) is 40.2 Å². The summed E-state index contributed by atoms with van der Waals surface area (Å²) in [5.74, 6) is 0.0169. The third-order valence-corrected chi connectivity index (χ3v) is 4.95. The second-order valence-corrected chi connectivity index (χ2v) is 7.00. The molecule has 2 aromatic heterocycles. The molecule has 3 aromatic rings. The molecule has 1 aliphatic heterocycles. The van der Waals surface area contributed by atoms with Crippen LogP contribution in [0.3, 0.4) is 0 Å². The summed E-state index contributed by atoms with van der Waals surface area (Å²) in [6, 6.07) is 11.9. The average Bonchev–Trinajstić information content (AvgIpc) is 3.16. The van der Waals surface area contributed by atoms with E-state index < -0.39 is 0 Å². The van der Waals surface area contributed by atoms with Gasteiger partial charge in [0.2, 0.25) is 5.88 Å². The molecule has 3 heterocycles. The normalized spacial score (nSPS) is 15.8. The van der Waals surface area contributed by atoms with Crippen LogP contribution in [0.25, 0.3) is 0 Å². The summed E-state index contributed by atoms with van der Waals surface area (Å²) in [7, 11) is 1.46. The van der Waals surface area contributed by atoms with E-state index in [-0.39, 0.29) is 23.7 Å². The molecular weight excluding hydrogens is 394 g/mol. The highest BCUT2D eigenvalue weighted by Crippen LogP contribution is 2.32. The van der Waals surface area contributed by atoms with E-state index in [1.807, 2.05) is 13.0 Å². The van der Waals surface area contributed by atoms with E-state index in [2.05, 4.69) is 15.4 Å². The molecule has 4 rings (SSSR count). The first-order valence-electron chi connectivity index (χ1n) is 8.96. The Kier molecular flexibility index (Phi) is 4.94. The maximum absolute atomic E-state index is 13.2. The minimum absolute atomic E-state index is 0.117. The van der Waals surface area contributed by atoms with Gasteiger partial charge in [0, 0.05) is 12.1 Å². The second-order valence-electron chi connectivity index (χ2n) is 6.60. The van der Waals surface area contributed by atoms with Gasteiger partial charge in [0.05, 0.1) is 25.0 Å². The van der Waals surface area contributed by atoms with Crippen molar-refractivity contribution in [2.45, 2.75) is 13.0 Å². The van der Waals surface area contributed by atoms with Crippen molar-refractivity contribution >= 4 is 34.9 Å². The first-order chi connectivity index (χ1) is 14.0. The van der Waals surface area contributed by atoms with Crippen molar-refractivity contribution in [2.75, 3.05) is 23.9 Å². The monoisotopic (exact) mass is 411 g/mol. The van der Waals surface area contributed by atoms with Crippen LogP contribution >= 0.6 is 11.6 Å². The molecule has 0 saturated heterocycles. The summed E-state index contributed by atoms with van der Waals surface area (Å²) in [4.78, 5) is 31.6. The molecule has 0 spiro atoms. The Labute approximate surface area is 172 Å². The van der Waals surface area contributed by atoms with Crippen LogP contribution in [-0.2, 0) is 0 Å². The number of rotatable bonds is 4. The number of nitrogens with zero attached hydrogens (tertiary/aromatic N) is 4. The Hall–Kier alpha value is -3.39. The number of halogens is 1. The van der Waals surface area contributed by atoms with Crippen LogP contribution in [0.5, 0.6) is 5.88 Å². The molecule has 148 valence electrons. The highest BCUT2D eigenvalue weighted by atomic mass is 35.5. The third-order valence-electron chi connectivity index (χ3n) is 4.66. The van der Waals surface area contributed by atoms with Crippen molar-refractivity contribution in [3.05, 3.63) is 64.9 Å². The Bertz CT molecular complexity index is 1080. The van der Waals surface area contributed by atoms with Crippen LogP contribution in [0, 0.1) is 0 Å². The van der Waals surface area contributed by atoms with E-state index in [1.54, 1.807) is 41.1 Å². The topological polar surface area (TPSA) is 89.3 Å². The van der Waals surface area contributed by atoms with Gasteiger partial charge in [0.25, 0.3) is 11.8 Å². The van der Waals surface area contributed by atoms with E-state index in [0.717, 1.165) is 0 Å². The van der Waals surface area contributed by atoms with Crippen molar-refractivity contribution in [2.24, 2.45) is 0 Å². The number of fused-ring (bicyclic) bond motifs is 1. The minimum atomic E-state index is -0.319. The maximum Gasteiger partial charge on any atom is 0.279 e. The average molecular weight is 412 g/mol. The molecule has 1 aliphatic rings. The molecule has 1 unspecified atom stereocenters. The largest absolute Gasteiger partial charge is 0.480 e. The zero-order valence-corrected chi connectivity index (χ0v) is 16.6. The molecule has 0 radical (unpaired) electrons. The second kappa shape index (κ2) is 7.56. The van der Waals surface area contributed by atoms with Crippen LogP contribution in [0.1, 0.15) is 33.8 Å². The van der Waals surface area contributed by atoms with Crippen molar-refractivity contribution in [1.82, 2.24) is 14.8 Å². The van der Waals surface area contributed by atoms with E-state index in [4.69, 9.17) is 16.3 Å². The van der Waals surface area contributed by atoms with Crippen LogP contribution < -0.4 is 15.0 Å². The van der Waals surface area contributed by atoms with Gasteiger partial charge in [-0.25, -0.2) is 0 Å². The number of anilines is 2. The van der Waals surface area contributed by atoms with E-state index >= 15 is 0 Å². The zero-order valence-electron chi connectivity index (χ0n) is 15.8. The molecule has 8 nitrogen and oxygen atoms in total. The van der Waals surface area contributed by atoms with Gasteiger partial charge in [-0.1, -0.05) is 29.8 Å². The predicted molar refractivity (Wildman–Crippen MR) is 109 cm³/mol. The van der Waals surface area contributed by atoms with Gasteiger partial charge in [0.15, 0.2) is 5.69 Å². The Morgan fingerprint density at radius 3 is 2.72 bits per heavy atom. The van der Waals surface area contributed by atoms with Crippen molar-refractivity contribution in [1.29, 1.82) is 0 Å². The van der Waals surface area contributed by atoms with Gasteiger partial charge < -0.3 is 10.1 Å². The number of methoxy groups -OCH3 is 1. The van der Waals surface area contributed by atoms with Gasteiger partial charge in [-0.3, -0.25) is 19.2 Å². The summed E-state index contributed by atoms with van der Waals surface area (Å²) >= 11 is 6.05. The highest BCUT2D eigenvalue weighted by molar-refractivity contribution is 6.31. The summed E-state index contributed by atoms with van der Waals surface area (Å²) in [6.07, 6.45) is 1.49. The van der Waals surface area contributed by atoms with Gasteiger partial charge in [-0.15, -0.1) is 0 Å². The smallest absolute Gasteiger partial charge is 0.279 e. The number of carbonyl (C=O) groups excluding carboxylic acids is 2. The highest BCUT2D eigenvalue weighted by Gasteiger charge is 2.34. The lowest BCUT2D eigenvalue weighted by atomic mass is 10.1. The Balaban J connectivity index is 1.67. The van der Waals surface area contributed by atoms with Gasteiger partial charge in [0.1, 0.15) is 10.8 Å². The van der Waals surface area contributed by atoms with Crippen molar-refractivity contribution < 1.29 is 14.3 Å². The third kappa shape index (κ3) is 3.42. The number of hydrogen-bond donors (Lipinski definition) is 1.